The number of ether oxygens (including phenoxy) is 1. The fraction of sp³-hybridized carbons (Fsp3) is 0.535. The number of halogens is 4. The lowest BCUT2D eigenvalue weighted by atomic mass is 9.75. The Morgan fingerprint density at radius 2 is 0.847 bits per heavy atom. The Morgan fingerprint density at radius 3 is 1.14 bits per heavy atom. The highest BCUT2D eigenvalue weighted by atomic mass is 31.2. The van der Waals surface area contributed by atoms with Crippen LogP contribution in [0.1, 0.15) is 111 Å². The van der Waals surface area contributed by atoms with Crippen LogP contribution in [0.2, 0.25) is 0 Å². The molecule has 3 rings (SSSR count). The molecule has 1 N–H and O–H groups in total. The molecule has 0 unspecified atom stereocenters. The van der Waals surface area contributed by atoms with Crippen molar-refractivity contribution in [2.45, 2.75) is 136 Å². The molecule has 0 radical (unpaired) electrons. The maximum atomic E-state index is 16.2. The van der Waals surface area contributed by atoms with Gasteiger partial charge in [0.2, 0.25) is 5.91 Å². The monoisotopic (exact) mass is 871 g/mol. The van der Waals surface area contributed by atoms with Gasteiger partial charge in [0.05, 0.1) is 29.5 Å². The molecular weight excluding hydrogens is 812 g/mol. The molecule has 0 fully saturated rings. The van der Waals surface area contributed by atoms with Crippen molar-refractivity contribution in [3.8, 4) is 0 Å². The summed E-state index contributed by atoms with van der Waals surface area (Å²) >= 11 is 0. The number of alkyl halides is 4. The zero-order valence-corrected chi connectivity index (χ0v) is 38.0. The molecule has 328 valence electrons. The molecule has 0 bridgehead atoms. The van der Waals surface area contributed by atoms with Crippen molar-refractivity contribution in [3.63, 3.8) is 0 Å². The number of carbonyl (C=O) groups is 2. The number of carbonyl (C=O) groups excluding carboxylic acids is 2. The average Bonchev–Trinajstić information content (AvgIpc) is 3.07. The lowest BCUT2D eigenvalue weighted by Crippen LogP contribution is -2.50. The summed E-state index contributed by atoms with van der Waals surface area (Å²) in [5.41, 5.74) is -15.6. The quantitative estimate of drug-likeness (QED) is 0.0648. The SMILES string of the molecule is COC(=O)C(Cc1ccc(C(F)(F)P(=O)(OC(C)(C)C)OC(C)(C)C)cc1)(Cc1ccc(C(F)(F)P(=O)(OC(C)(C)C)OC(C)(C)C)cc1)C(=O)NCc1ccccc1. The molecule has 16 heteroatoms. The smallest absolute Gasteiger partial charge is 0.405 e. The van der Waals surface area contributed by atoms with Gasteiger partial charge in [-0.3, -0.25) is 36.8 Å². The third kappa shape index (κ3) is 13.1. The first kappa shape index (κ1) is 50.0. The Bertz CT molecular complexity index is 1850. The Morgan fingerprint density at radius 1 is 0.525 bits per heavy atom. The molecule has 3 aromatic rings. The number of methoxy groups -OCH3 is 1. The van der Waals surface area contributed by atoms with E-state index in [2.05, 4.69) is 5.32 Å². The predicted octanol–water partition coefficient (Wildman–Crippen LogP) is 11.7. The van der Waals surface area contributed by atoms with E-state index in [0.29, 0.717) is 5.56 Å². The molecule has 0 aliphatic rings. The number of rotatable bonds is 16. The van der Waals surface area contributed by atoms with Gasteiger partial charge >= 0.3 is 32.5 Å². The van der Waals surface area contributed by atoms with Crippen molar-refractivity contribution in [3.05, 3.63) is 107 Å². The van der Waals surface area contributed by atoms with E-state index in [1.165, 1.54) is 107 Å². The molecule has 1 amide bonds. The molecule has 0 aromatic heterocycles. The number of hydrogen-bond acceptors (Lipinski definition) is 9. The number of amides is 1. The molecule has 0 aliphatic carbocycles. The second kappa shape index (κ2) is 17.9. The molecule has 0 heterocycles. The van der Waals surface area contributed by atoms with E-state index in [1.54, 1.807) is 30.3 Å². The predicted molar refractivity (Wildman–Crippen MR) is 219 cm³/mol. The van der Waals surface area contributed by atoms with Crippen LogP contribution in [0.4, 0.5) is 17.6 Å². The molecule has 0 saturated heterocycles. The summed E-state index contributed by atoms with van der Waals surface area (Å²) in [4.78, 5) is 28.2. The van der Waals surface area contributed by atoms with Gasteiger partial charge in [-0.25, -0.2) is 0 Å². The summed E-state index contributed by atoms with van der Waals surface area (Å²) in [5, 5.41) is 2.77. The third-order valence-corrected chi connectivity index (χ3v) is 13.2. The van der Waals surface area contributed by atoms with E-state index in [-0.39, 0.29) is 17.7 Å². The maximum Gasteiger partial charge on any atom is 0.405 e. The van der Waals surface area contributed by atoms with Crippen LogP contribution in [0, 0.1) is 5.41 Å². The van der Waals surface area contributed by atoms with Crippen LogP contribution in [-0.2, 0) is 72.3 Å². The van der Waals surface area contributed by atoms with E-state index >= 15 is 17.6 Å². The lowest BCUT2D eigenvalue weighted by Gasteiger charge is -2.36. The van der Waals surface area contributed by atoms with Gasteiger partial charge in [0.1, 0.15) is 0 Å². The summed E-state index contributed by atoms with van der Waals surface area (Å²) in [6.07, 6.45) is -0.792. The Kier molecular flexibility index (Phi) is 15.2. The summed E-state index contributed by atoms with van der Waals surface area (Å²) in [5.74, 6) is -1.78. The summed E-state index contributed by atoms with van der Waals surface area (Å²) < 4.78 is 119. The normalized spacial score (nSPS) is 13.9. The van der Waals surface area contributed by atoms with Crippen LogP contribution in [0.5, 0.6) is 0 Å². The standard InChI is InChI=1S/C43H59F4NO9P2/c1-37(2,3)54-58(51,55-38(4,5)6)42(44,45)33-23-19-30(20-24-33)27-41(36(50)53-13,35(49)48-29-32-17-15-14-16-18-32)28-31-21-25-34(26-22-31)43(46,47)59(52,56-39(7,8)9)57-40(10,11)12/h14-26H,27-29H2,1-13H3,(H,48,49). The molecule has 0 atom stereocenters. The first-order valence-electron chi connectivity index (χ1n) is 19.1. The van der Waals surface area contributed by atoms with Crippen molar-refractivity contribution in [1.82, 2.24) is 5.32 Å². The molecule has 0 saturated carbocycles. The van der Waals surface area contributed by atoms with Crippen molar-refractivity contribution < 1.29 is 59.1 Å². The van der Waals surface area contributed by atoms with E-state index < -0.39 is 90.2 Å². The molecule has 0 spiro atoms. The third-order valence-electron chi connectivity index (χ3n) is 8.19. The zero-order valence-electron chi connectivity index (χ0n) is 36.2. The van der Waals surface area contributed by atoms with Crippen LogP contribution < -0.4 is 5.32 Å². The Labute approximate surface area is 346 Å². The molecule has 0 aliphatic heterocycles. The van der Waals surface area contributed by atoms with Gasteiger partial charge in [-0.2, -0.15) is 17.6 Å². The fourth-order valence-corrected chi connectivity index (χ4v) is 10.3. The minimum Gasteiger partial charge on any atom is -0.468 e. The minimum atomic E-state index is -5.17. The first-order chi connectivity index (χ1) is 26.7. The van der Waals surface area contributed by atoms with Gasteiger partial charge in [0, 0.05) is 17.7 Å². The van der Waals surface area contributed by atoms with E-state index in [9.17, 15) is 18.7 Å². The van der Waals surface area contributed by atoms with Crippen LogP contribution in [0.25, 0.3) is 0 Å². The number of hydrogen-bond donors (Lipinski definition) is 1. The number of benzene rings is 3. The highest BCUT2D eigenvalue weighted by molar-refractivity contribution is 7.55. The van der Waals surface area contributed by atoms with E-state index in [4.69, 9.17) is 22.8 Å². The van der Waals surface area contributed by atoms with Gasteiger partial charge in [-0.1, -0.05) is 78.9 Å². The van der Waals surface area contributed by atoms with Gasteiger partial charge in [-0.15, -0.1) is 0 Å². The van der Waals surface area contributed by atoms with Crippen LogP contribution in [0.3, 0.4) is 0 Å². The topological polar surface area (TPSA) is 126 Å². The molecule has 10 nitrogen and oxygen atoms in total. The summed E-state index contributed by atoms with van der Waals surface area (Å²) in [6, 6.07) is 17.9. The largest absolute Gasteiger partial charge is 0.468 e. The van der Waals surface area contributed by atoms with Crippen molar-refractivity contribution in [2.75, 3.05) is 7.11 Å². The first-order valence-corrected chi connectivity index (χ1v) is 22.1. The highest BCUT2D eigenvalue weighted by Gasteiger charge is 2.59. The van der Waals surface area contributed by atoms with Gasteiger partial charge in [-0.05, 0) is 113 Å². The summed E-state index contributed by atoms with van der Waals surface area (Å²) in [6.45, 7) is 17.7. The van der Waals surface area contributed by atoms with Crippen molar-refractivity contribution in [1.29, 1.82) is 0 Å². The Hall–Kier alpha value is -3.38. The summed E-state index contributed by atoms with van der Waals surface area (Å²) in [7, 11) is -9.26. The van der Waals surface area contributed by atoms with E-state index in [0.717, 1.165) is 31.4 Å². The van der Waals surface area contributed by atoms with E-state index in [1.807, 2.05) is 0 Å². The second-order valence-electron chi connectivity index (χ2n) is 18.4. The maximum absolute atomic E-state index is 16.2. The average molecular weight is 872 g/mol. The molecule has 59 heavy (non-hydrogen) atoms. The fourth-order valence-electron chi connectivity index (χ4n) is 5.97. The van der Waals surface area contributed by atoms with Gasteiger partial charge < -0.3 is 10.1 Å². The number of esters is 1. The van der Waals surface area contributed by atoms with Crippen LogP contribution >= 0.6 is 15.2 Å². The van der Waals surface area contributed by atoms with Gasteiger partial charge in [0.15, 0.2) is 5.41 Å². The van der Waals surface area contributed by atoms with Gasteiger partial charge in [0.25, 0.3) is 0 Å². The zero-order chi connectivity index (χ0) is 45.1. The second-order valence-corrected chi connectivity index (χ2v) is 22.2. The minimum absolute atomic E-state index is 0.00240. The number of nitrogens with one attached hydrogen (secondary N) is 1. The van der Waals surface area contributed by atoms with Crippen molar-refractivity contribution in [2.24, 2.45) is 5.41 Å². The molecular formula is C43H59F4NO9P2. The van der Waals surface area contributed by atoms with Crippen LogP contribution in [0.15, 0.2) is 78.9 Å². The molecule has 3 aromatic carbocycles. The highest BCUT2D eigenvalue weighted by Crippen LogP contribution is 2.71. The van der Waals surface area contributed by atoms with Crippen LogP contribution in [-0.4, -0.2) is 41.4 Å². The lowest BCUT2D eigenvalue weighted by molar-refractivity contribution is -0.159. The Balaban J connectivity index is 2.13. The van der Waals surface area contributed by atoms with Crippen molar-refractivity contribution >= 4 is 27.1 Å².